The number of hydrogen-bond donors (Lipinski definition) is 2. The zero-order valence-corrected chi connectivity index (χ0v) is 25.3. The summed E-state index contributed by atoms with van der Waals surface area (Å²) in [6.45, 7) is 5.19. The van der Waals surface area contributed by atoms with E-state index < -0.39 is 16.5 Å². The van der Waals surface area contributed by atoms with Crippen molar-refractivity contribution in [1.82, 2.24) is 4.90 Å². The quantitative estimate of drug-likeness (QED) is 0.391. The Kier molecular flexibility index (Phi) is 15.2. The van der Waals surface area contributed by atoms with Gasteiger partial charge in [-0.25, -0.2) is 0 Å². The molecular weight excluding hydrogens is 681 g/mol. The minimum absolute atomic E-state index is 0. The predicted octanol–water partition coefficient (Wildman–Crippen LogP) is 4.44. The summed E-state index contributed by atoms with van der Waals surface area (Å²) >= 11 is 0. The summed E-state index contributed by atoms with van der Waals surface area (Å²) in [5.41, 5.74) is 2.44. The molecule has 0 spiro atoms. The molecule has 3 rings (SSSR count). The number of benzene rings is 2. The molecule has 2 unspecified atom stereocenters. The Morgan fingerprint density at radius 1 is 1.00 bits per heavy atom. The first-order valence-corrected chi connectivity index (χ1v) is 12.8. The van der Waals surface area contributed by atoms with Gasteiger partial charge in [-0.15, -0.1) is 9.79 Å². The maximum atomic E-state index is 12.5. The van der Waals surface area contributed by atoms with Gasteiger partial charge in [-0.05, 0) is 37.0 Å². The summed E-state index contributed by atoms with van der Waals surface area (Å²) in [5, 5.41) is 0. The molecule has 8 nitrogen and oxygen atoms in total. The van der Waals surface area contributed by atoms with Gasteiger partial charge >= 0.3 is 16.5 Å². The molecule has 33 heavy (non-hydrogen) atoms. The number of para-hydroxylation sites is 1. The number of likely N-dealkylation sites (tertiary alicyclic amines) is 1. The molecule has 2 atom stereocenters. The second-order valence-corrected chi connectivity index (χ2v) is 8.92. The van der Waals surface area contributed by atoms with Crippen molar-refractivity contribution in [2.75, 3.05) is 24.5 Å². The fourth-order valence-electron chi connectivity index (χ4n) is 3.71. The Balaban J connectivity index is 0.000000595. The normalized spacial score (nSPS) is 14.9. The molecule has 0 aromatic heterocycles. The van der Waals surface area contributed by atoms with Crippen LogP contribution in [0.5, 0.6) is 0 Å². The molecule has 0 saturated carbocycles. The summed E-state index contributed by atoms with van der Waals surface area (Å²) in [4.78, 5) is 32.4. The summed E-state index contributed by atoms with van der Waals surface area (Å²) in [6.07, 6.45) is 3.76. The fraction of sp³-hybridized carbons (Fsp3) is 0.409. The predicted molar refractivity (Wildman–Crippen MR) is 125 cm³/mol. The maximum absolute atomic E-state index is 12.5. The van der Waals surface area contributed by atoms with Crippen LogP contribution in [0.15, 0.2) is 60.7 Å². The maximum Gasteiger partial charge on any atom is 0.745 e. The van der Waals surface area contributed by atoms with Crippen LogP contribution < -0.4 is 4.90 Å². The number of anilines is 1. The summed E-state index contributed by atoms with van der Waals surface area (Å²) in [6, 6.07) is 21.1. The average molecular weight is 711 g/mol. The zero-order valence-electron chi connectivity index (χ0n) is 18.7. The molecule has 1 radical (unpaired) electrons. The van der Waals surface area contributed by atoms with Crippen LogP contribution in [0.1, 0.15) is 31.7 Å². The van der Waals surface area contributed by atoms with Crippen molar-refractivity contribution in [2.24, 2.45) is 0 Å². The van der Waals surface area contributed by atoms with E-state index in [9.17, 15) is 13.9 Å². The van der Waals surface area contributed by atoms with E-state index in [0.717, 1.165) is 44.6 Å². The van der Waals surface area contributed by atoms with E-state index >= 15 is 0 Å². The first-order valence-electron chi connectivity index (χ1n) is 10.5. The summed E-state index contributed by atoms with van der Waals surface area (Å²) in [5.74, 6) is 0.230. The first kappa shape index (κ1) is 30.1. The average Bonchev–Trinajstić information content (AvgIpc) is 2.79. The Bertz CT molecular complexity index is 856. The molecule has 2 aromatic rings. The molecule has 175 valence electrons. The Morgan fingerprint density at radius 2 is 1.52 bits per heavy atom. The SMILES string of the molecule is CCC(=O)N(c1ccccc1)C1CCN(CCc2ccccc2)CC1.O=[P+](O)O[P+](=O)O.[Pa]. The van der Waals surface area contributed by atoms with Crippen LogP contribution in [0.2, 0.25) is 0 Å². The van der Waals surface area contributed by atoms with E-state index in [0.29, 0.717) is 12.5 Å². The van der Waals surface area contributed by atoms with Crippen LogP contribution in [0.25, 0.3) is 0 Å². The third kappa shape index (κ3) is 11.3. The van der Waals surface area contributed by atoms with Crippen LogP contribution in [0.3, 0.4) is 0 Å². The van der Waals surface area contributed by atoms with Gasteiger partial charge in [0, 0.05) is 79.2 Å². The Morgan fingerprint density at radius 3 is 1.97 bits per heavy atom. The van der Waals surface area contributed by atoms with Crippen molar-refractivity contribution < 1.29 is 60.3 Å². The van der Waals surface area contributed by atoms with Crippen molar-refractivity contribution in [1.29, 1.82) is 0 Å². The molecule has 1 amide bonds. The topological polar surface area (TPSA) is 107 Å². The van der Waals surface area contributed by atoms with E-state index in [4.69, 9.17) is 9.79 Å². The van der Waals surface area contributed by atoms with Gasteiger partial charge in [0.15, 0.2) is 4.31 Å². The van der Waals surface area contributed by atoms with Gasteiger partial charge in [-0.1, -0.05) is 55.5 Å². The van der Waals surface area contributed by atoms with Crippen molar-refractivity contribution in [3.05, 3.63) is 66.2 Å². The summed E-state index contributed by atoms with van der Waals surface area (Å²) in [7, 11) is -5.85. The molecule has 1 heterocycles. The molecule has 1 aliphatic rings. The second kappa shape index (κ2) is 16.6. The van der Waals surface area contributed by atoms with E-state index in [1.54, 1.807) is 0 Å². The largest absolute Gasteiger partial charge is 0.745 e. The molecule has 2 N–H and O–H groups in total. The van der Waals surface area contributed by atoms with Crippen molar-refractivity contribution in [3.63, 3.8) is 0 Å². The monoisotopic (exact) mass is 711 g/mol. The molecule has 0 bridgehead atoms. The molecule has 1 fully saturated rings. The van der Waals surface area contributed by atoms with Gasteiger partial charge in [0.1, 0.15) is 0 Å². The van der Waals surface area contributed by atoms with Crippen LogP contribution in [0.4, 0.5) is 5.69 Å². The van der Waals surface area contributed by atoms with E-state index in [-0.39, 0.29) is 38.2 Å². The van der Waals surface area contributed by atoms with Crippen LogP contribution in [-0.2, 0) is 24.7 Å². The number of amides is 1. The Labute approximate surface area is 221 Å². The van der Waals surface area contributed by atoms with E-state index in [1.165, 1.54) is 5.56 Å². The third-order valence-corrected chi connectivity index (χ3v) is 6.34. The van der Waals surface area contributed by atoms with Crippen LogP contribution >= 0.6 is 16.5 Å². The van der Waals surface area contributed by atoms with Crippen molar-refractivity contribution in [2.45, 2.75) is 38.6 Å². The molecule has 2 aromatic carbocycles. The van der Waals surface area contributed by atoms with E-state index in [1.807, 2.05) is 30.0 Å². The van der Waals surface area contributed by atoms with Crippen LogP contribution in [0, 0.1) is 32.3 Å². The van der Waals surface area contributed by atoms with Gasteiger partial charge in [0.2, 0.25) is 5.91 Å². The third-order valence-electron chi connectivity index (χ3n) is 5.23. The number of carbonyl (C=O) groups excluding carboxylic acids is 1. The first-order chi connectivity index (χ1) is 15.4. The summed E-state index contributed by atoms with van der Waals surface area (Å²) < 4.78 is 22.2. The standard InChI is InChI=1S/C22H28N2O.O5P2.Pa/c1-2-22(25)24(20-11-7-4-8-12-20)21-14-17-23(18-15-21)16-13-19-9-5-3-6-10-19;1-6(2)5-7(3)4;/h3-12,21H,2,13-18H2,1H3;;/p+2. The number of carbonyl (C=O) groups is 1. The molecule has 11 heteroatoms. The molecule has 1 saturated heterocycles. The van der Waals surface area contributed by atoms with Gasteiger partial charge < -0.3 is 9.80 Å². The molecule has 0 aliphatic carbocycles. The number of piperidine rings is 1. The molecular formula is C22H30N2O6P2Pa+2. The fourth-order valence-corrected chi connectivity index (χ4v) is 4.19. The van der Waals surface area contributed by atoms with Crippen molar-refractivity contribution >= 4 is 28.1 Å². The van der Waals surface area contributed by atoms with Crippen molar-refractivity contribution in [3.8, 4) is 0 Å². The number of rotatable bonds is 8. The van der Waals surface area contributed by atoms with Gasteiger partial charge in [-0.2, -0.15) is 0 Å². The van der Waals surface area contributed by atoms with Crippen LogP contribution in [-0.4, -0.2) is 46.3 Å². The minimum atomic E-state index is -2.92. The van der Waals surface area contributed by atoms with Gasteiger partial charge in [0.05, 0.1) is 0 Å². The Hall–Kier alpha value is -0.959. The minimum Gasteiger partial charge on any atom is -0.309 e. The van der Waals surface area contributed by atoms with Gasteiger partial charge in [0.25, 0.3) is 0 Å². The van der Waals surface area contributed by atoms with Gasteiger partial charge in [-0.3, -0.25) is 4.79 Å². The zero-order chi connectivity index (χ0) is 23.3. The number of hydrogen-bond acceptors (Lipinski definition) is 5. The second-order valence-electron chi connectivity index (χ2n) is 7.32. The van der Waals surface area contributed by atoms with E-state index in [2.05, 4.69) is 51.7 Å². The molecule has 1 aliphatic heterocycles. The smallest absolute Gasteiger partial charge is 0.309 e. The number of nitrogens with zero attached hydrogens (tertiary/aromatic N) is 2.